The molecule has 2 saturated carbocycles. The number of anilines is 3. The van der Waals surface area contributed by atoms with Crippen molar-refractivity contribution in [2.75, 3.05) is 10.2 Å². The number of rotatable bonds is 6. The van der Waals surface area contributed by atoms with Crippen LogP contribution in [0.2, 0.25) is 0 Å². The summed E-state index contributed by atoms with van der Waals surface area (Å²) in [7, 11) is 12.0. The summed E-state index contributed by atoms with van der Waals surface area (Å²) in [6.45, 7) is 1.77. The van der Waals surface area contributed by atoms with Gasteiger partial charge in [-0.1, -0.05) is 5.24 Å². The van der Waals surface area contributed by atoms with Crippen LogP contribution in [0.4, 0.5) is 17.5 Å². The molecule has 1 spiro atoms. The maximum atomic E-state index is 13.4. The van der Waals surface area contributed by atoms with Crippen LogP contribution in [-0.4, -0.2) is 69.8 Å². The van der Waals surface area contributed by atoms with E-state index in [4.69, 9.17) is 23.5 Å². The van der Waals surface area contributed by atoms with E-state index >= 15 is 0 Å². The molecule has 1 aromatic heterocycles. The lowest BCUT2D eigenvalue weighted by Crippen LogP contribution is -2.50. The Kier molecular flexibility index (Phi) is 5.20. The van der Waals surface area contributed by atoms with Gasteiger partial charge in [-0.3, -0.25) is 9.69 Å². The third-order valence-electron chi connectivity index (χ3n) is 6.81. The number of aromatic nitrogens is 2. The lowest BCUT2D eigenvalue weighted by Gasteiger charge is -2.33. The number of carbonyl (C=O) groups excluding carboxylic acids is 1. The summed E-state index contributed by atoms with van der Waals surface area (Å²) < 4.78 is 26.6. The zero-order valence-corrected chi connectivity index (χ0v) is 19.5. The molecule has 1 aliphatic heterocycles. The van der Waals surface area contributed by atoms with Gasteiger partial charge in [0.25, 0.3) is 0 Å². The van der Waals surface area contributed by atoms with Crippen molar-refractivity contribution in [1.29, 1.82) is 0 Å². The first-order valence-corrected chi connectivity index (χ1v) is 12.5. The Morgan fingerprint density at radius 1 is 1.18 bits per heavy atom. The minimum atomic E-state index is -4.01. The summed E-state index contributed by atoms with van der Waals surface area (Å²) in [6.07, 6.45) is 5.35. The number of hydrogen-bond acceptors (Lipinski definition) is 7. The fourth-order valence-electron chi connectivity index (χ4n) is 4.97. The molecule has 2 atom stereocenters. The van der Waals surface area contributed by atoms with Gasteiger partial charge >= 0.3 is 0 Å². The Bertz CT molecular complexity index is 1260. The van der Waals surface area contributed by atoms with Crippen LogP contribution in [0.3, 0.4) is 0 Å². The average Bonchev–Trinajstić information content (AvgIpc) is 3.41. The Morgan fingerprint density at radius 3 is 2.41 bits per heavy atom. The maximum absolute atomic E-state index is 13.4. The average molecular weight is 473 g/mol. The summed E-state index contributed by atoms with van der Waals surface area (Å²) in [5.41, 5.74) is -0.217. The highest BCUT2D eigenvalue weighted by atomic mass is 32.2. The van der Waals surface area contributed by atoms with Gasteiger partial charge in [-0.2, -0.15) is 4.98 Å². The van der Waals surface area contributed by atoms with Crippen molar-refractivity contribution >= 4 is 56.9 Å². The van der Waals surface area contributed by atoms with Crippen LogP contribution in [0, 0.1) is 0 Å². The van der Waals surface area contributed by atoms with Crippen molar-refractivity contribution in [3.05, 3.63) is 36.0 Å². The molecule has 34 heavy (non-hydrogen) atoms. The zero-order chi connectivity index (χ0) is 24.5. The van der Waals surface area contributed by atoms with E-state index in [1.165, 1.54) is 24.3 Å². The number of hydrogen-bond donors (Lipinski definition) is 3. The van der Waals surface area contributed by atoms with Gasteiger partial charge in [0, 0.05) is 17.4 Å². The number of nitrogens with zero attached hydrogens (tertiary/aromatic N) is 3. The molecule has 2 fully saturated rings. The van der Waals surface area contributed by atoms with Gasteiger partial charge in [-0.15, -0.1) is 0 Å². The molecular formula is C21H22B3N5O4S. The first-order valence-electron chi connectivity index (χ1n) is 11.0. The van der Waals surface area contributed by atoms with Crippen molar-refractivity contribution in [3.63, 3.8) is 0 Å². The molecule has 0 bridgehead atoms. The topological polar surface area (TPSA) is 125 Å². The fourth-order valence-corrected chi connectivity index (χ4v) is 6.05. The van der Waals surface area contributed by atoms with E-state index in [-0.39, 0.29) is 22.8 Å². The van der Waals surface area contributed by atoms with E-state index in [1.54, 1.807) is 18.0 Å². The molecule has 3 aliphatic rings. The van der Waals surface area contributed by atoms with Crippen LogP contribution < -0.4 is 14.9 Å². The highest BCUT2D eigenvalue weighted by molar-refractivity contribution is 7.89. The minimum absolute atomic E-state index is 0.0148. The second-order valence-corrected chi connectivity index (χ2v) is 11.3. The van der Waals surface area contributed by atoms with Gasteiger partial charge in [-0.05, 0) is 63.3 Å². The van der Waals surface area contributed by atoms with E-state index in [2.05, 4.69) is 15.3 Å². The van der Waals surface area contributed by atoms with Crippen molar-refractivity contribution in [2.45, 2.75) is 66.2 Å². The molecule has 6 radical (unpaired) electrons. The van der Waals surface area contributed by atoms with Crippen molar-refractivity contribution in [2.24, 2.45) is 0 Å². The lowest BCUT2D eigenvalue weighted by atomic mass is 9.50. The predicted octanol–water partition coefficient (Wildman–Crippen LogP) is 0.297. The largest absolute Gasteiger partial charge is 0.388 e. The zero-order valence-electron chi connectivity index (χ0n) is 18.7. The van der Waals surface area contributed by atoms with Gasteiger partial charge in [0.15, 0.2) is 0 Å². The van der Waals surface area contributed by atoms with Crippen molar-refractivity contribution in [3.8, 4) is 0 Å². The third-order valence-corrected chi connectivity index (χ3v) is 8.33. The standard InChI is InChI=1S/C21H22B3N5O4S/c1-19(31)8-2-3-15(19)29-16-14(20(9-10-20)17(29)30)11-25-18(27-16)26-12-4-6-13(7-5-12)34(32,33)28-21(22,23)24/h4-7,11,15,28,31H,2-3,8-10H2,1H3,(H,25,26,27)/t15-,19-/m1/s1. The van der Waals surface area contributed by atoms with Crippen LogP contribution in [0.25, 0.3) is 0 Å². The molecule has 3 N–H and O–H groups in total. The summed E-state index contributed by atoms with van der Waals surface area (Å²) in [6, 6.07) is 5.44. The summed E-state index contributed by atoms with van der Waals surface area (Å²) >= 11 is 0. The highest BCUT2D eigenvalue weighted by Gasteiger charge is 2.63. The van der Waals surface area contributed by atoms with E-state index in [1.807, 2.05) is 4.72 Å². The molecule has 2 aromatic rings. The summed E-state index contributed by atoms with van der Waals surface area (Å²) in [4.78, 5) is 24.0. The number of amides is 1. The van der Waals surface area contributed by atoms with Gasteiger partial charge in [0.1, 0.15) is 5.82 Å². The van der Waals surface area contributed by atoms with Crippen LogP contribution in [0.5, 0.6) is 0 Å². The van der Waals surface area contributed by atoms with Crippen LogP contribution in [0.15, 0.2) is 35.4 Å². The minimum Gasteiger partial charge on any atom is -0.388 e. The van der Waals surface area contributed by atoms with Crippen molar-refractivity contribution < 1.29 is 18.3 Å². The molecule has 0 saturated heterocycles. The highest BCUT2D eigenvalue weighted by Crippen LogP contribution is 2.58. The first-order chi connectivity index (χ1) is 15.8. The molecular weight excluding hydrogens is 451 g/mol. The summed E-state index contributed by atoms with van der Waals surface area (Å²) in [5.74, 6) is 0.769. The second kappa shape index (κ2) is 7.57. The lowest BCUT2D eigenvalue weighted by molar-refractivity contribution is -0.121. The SMILES string of the molecule is [B]C([B])([B])NS(=O)(=O)c1ccc(Nc2ncc3c(n2)N([C@@H]2CCC[C@@]2(C)O)C(=O)C32CC2)cc1. The molecule has 170 valence electrons. The molecule has 2 aliphatic carbocycles. The molecule has 0 unspecified atom stereocenters. The Morgan fingerprint density at radius 2 is 1.85 bits per heavy atom. The van der Waals surface area contributed by atoms with E-state index < -0.39 is 26.3 Å². The smallest absolute Gasteiger partial charge is 0.239 e. The number of nitrogens with one attached hydrogen (secondary N) is 2. The first kappa shape index (κ1) is 23.4. The normalized spacial score (nSPS) is 25.5. The van der Waals surface area contributed by atoms with Gasteiger partial charge in [0.05, 0.1) is 45.5 Å². The van der Waals surface area contributed by atoms with Crippen LogP contribution >= 0.6 is 0 Å². The number of fused-ring (bicyclic) bond motifs is 2. The van der Waals surface area contributed by atoms with Gasteiger partial charge in [0.2, 0.25) is 21.9 Å². The van der Waals surface area contributed by atoms with Crippen molar-refractivity contribution in [1.82, 2.24) is 14.7 Å². The van der Waals surface area contributed by atoms with E-state index in [0.29, 0.717) is 24.3 Å². The monoisotopic (exact) mass is 473 g/mol. The number of sulfonamides is 1. The fraction of sp³-hybridized carbons (Fsp3) is 0.476. The molecule has 9 nitrogen and oxygen atoms in total. The number of benzene rings is 1. The molecule has 5 rings (SSSR count). The maximum Gasteiger partial charge on any atom is 0.239 e. The Hall–Kier alpha value is -2.37. The van der Waals surface area contributed by atoms with E-state index in [9.17, 15) is 18.3 Å². The molecule has 13 heteroatoms. The predicted molar refractivity (Wildman–Crippen MR) is 129 cm³/mol. The Labute approximate surface area is 202 Å². The third kappa shape index (κ3) is 3.93. The summed E-state index contributed by atoms with van der Waals surface area (Å²) in [5, 5.41) is 11.8. The molecule has 1 amide bonds. The van der Waals surface area contributed by atoms with Gasteiger partial charge < -0.3 is 10.4 Å². The van der Waals surface area contributed by atoms with E-state index in [0.717, 1.165) is 24.8 Å². The quantitative estimate of drug-likeness (QED) is 0.516. The molecule has 2 heterocycles. The number of aliphatic hydroxyl groups is 1. The Balaban J connectivity index is 1.42. The molecule has 1 aromatic carbocycles. The van der Waals surface area contributed by atoms with Gasteiger partial charge in [-0.25, -0.2) is 18.1 Å². The second-order valence-electron chi connectivity index (χ2n) is 9.64. The van der Waals surface area contributed by atoms with Crippen LogP contribution in [-0.2, 0) is 20.2 Å². The number of carbonyl (C=O) groups is 1. The van der Waals surface area contributed by atoms with Crippen LogP contribution in [0.1, 0.15) is 44.6 Å².